The summed E-state index contributed by atoms with van der Waals surface area (Å²) in [6, 6.07) is 16.7. The van der Waals surface area contributed by atoms with E-state index in [1.54, 1.807) is 0 Å². The van der Waals surface area contributed by atoms with Gasteiger partial charge in [-0.2, -0.15) is 4.57 Å². The van der Waals surface area contributed by atoms with Crippen LogP contribution >= 0.6 is 0 Å². The summed E-state index contributed by atoms with van der Waals surface area (Å²) in [6.45, 7) is 6.79. The molecule has 3 aromatic heterocycles. The molecule has 3 aromatic carbocycles. The molecular weight excluding hydrogens is 400 g/mol. The number of fused-ring (bicyclic) bond motifs is 5. The zero-order valence-corrected chi connectivity index (χ0v) is 20.1. The Morgan fingerprint density at radius 1 is 0.879 bits per heavy atom. The highest BCUT2D eigenvalue weighted by molar-refractivity contribution is 6.26. The zero-order valence-electron chi connectivity index (χ0n) is 20.1. The number of pyridine rings is 2. The third-order valence-electron chi connectivity index (χ3n) is 8.47. The van der Waals surface area contributed by atoms with Gasteiger partial charge in [-0.25, -0.2) is 0 Å². The lowest BCUT2D eigenvalue weighted by molar-refractivity contribution is -0.644. The van der Waals surface area contributed by atoms with Crippen molar-refractivity contribution in [1.29, 1.82) is 0 Å². The number of hydrogen-bond donors (Lipinski definition) is 0. The normalized spacial score (nSPS) is 15.4. The molecule has 0 aliphatic heterocycles. The lowest BCUT2D eigenvalue weighted by Gasteiger charge is -2.16. The summed E-state index contributed by atoms with van der Waals surface area (Å²) in [5.41, 5.74) is 11.0. The lowest BCUT2D eigenvalue weighted by atomic mass is 9.93. The standard InChI is InChI=1S/C31H31N2/c1-18-13-23-15-19(2)20(3)28-29(23)27(14-18)33-26-17-22(16-21-7-5-6-8-21)9-10-24(26)25-11-12-32(4)31(28)30(25)33/h9-15,17,21H,5-8,16H2,1-4H3/q+1. The molecule has 1 fully saturated rings. The molecule has 1 saturated carbocycles. The maximum Gasteiger partial charge on any atom is 0.238 e. The van der Waals surface area contributed by atoms with Gasteiger partial charge in [0, 0.05) is 22.2 Å². The van der Waals surface area contributed by atoms with Crippen LogP contribution in [0.3, 0.4) is 0 Å². The summed E-state index contributed by atoms with van der Waals surface area (Å²) in [7, 11) is 2.20. The van der Waals surface area contributed by atoms with Crippen LogP contribution in [0, 0.1) is 26.7 Å². The van der Waals surface area contributed by atoms with Gasteiger partial charge in [0.15, 0.2) is 6.20 Å². The van der Waals surface area contributed by atoms with Crippen LogP contribution in [0.15, 0.2) is 48.7 Å². The second-order valence-corrected chi connectivity index (χ2v) is 10.7. The summed E-state index contributed by atoms with van der Waals surface area (Å²) < 4.78 is 4.91. The van der Waals surface area contributed by atoms with Crippen LogP contribution in [0.2, 0.25) is 0 Å². The average Bonchev–Trinajstić information content (AvgIpc) is 3.41. The van der Waals surface area contributed by atoms with Gasteiger partial charge in [-0.3, -0.25) is 0 Å². The van der Waals surface area contributed by atoms with Gasteiger partial charge in [0.05, 0.1) is 16.4 Å². The molecule has 164 valence electrons. The van der Waals surface area contributed by atoms with E-state index in [0.717, 1.165) is 5.92 Å². The van der Waals surface area contributed by atoms with Crippen LogP contribution in [-0.4, -0.2) is 4.40 Å². The van der Waals surface area contributed by atoms with Crippen LogP contribution in [0.25, 0.3) is 49.0 Å². The molecule has 0 saturated heterocycles. The van der Waals surface area contributed by atoms with Crippen LogP contribution in [0.5, 0.6) is 0 Å². The maximum absolute atomic E-state index is 2.58. The molecule has 2 heteroatoms. The van der Waals surface area contributed by atoms with Gasteiger partial charge in [0.1, 0.15) is 12.6 Å². The van der Waals surface area contributed by atoms with E-state index in [-0.39, 0.29) is 0 Å². The third-order valence-corrected chi connectivity index (χ3v) is 8.47. The Hall–Kier alpha value is -3.13. The highest BCUT2D eigenvalue weighted by Crippen LogP contribution is 2.42. The first-order chi connectivity index (χ1) is 16.0. The first kappa shape index (κ1) is 19.3. The Labute approximate surface area is 194 Å². The van der Waals surface area contributed by atoms with Gasteiger partial charge in [-0.1, -0.05) is 49.9 Å². The Kier molecular flexibility index (Phi) is 3.93. The van der Waals surface area contributed by atoms with Crippen molar-refractivity contribution in [1.82, 2.24) is 4.40 Å². The van der Waals surface area contributed by atoms with Crippen LogP contribution < -0.4 is 4.57 Å². The van der Waals surface area contributed by atoms with E-state index >= 15 is 0 Å². The second-order valence-electron chi connectivity index (χ2n) is 10.7. The van der Waals surface area contributed by atoms with E-state index in [9.17, 15) is 0 Å². The molecule has 0 atom stereocenters. The summed E-state index contributed by atoms with van der Waals surface area (Å²) >= 11 is 0. The minimum absolute atomic E-state index is 0.860. The van der Waals surface area contributed by atoms with Crippen molar-refractivity contribution in [2.75, 3.05) is 0 Å². The van der Waals surface area contributed by atoms with Crippen LogP contribution in [-0.2, 0) is 13.5 Å². The van der Waals surface area contributed by atoms with Crippen molar-refractivity contribution in [3.05, 3.63) is 70.9 Å². The molecule has 0 N–H and O–H groups in total. The van der Waals surface area contributed by atoms with Gasteiger partial charge in [0.2, 0.25) is 5.52 Å². The van der Waals surface area contributed by atoms with Crippen molar-refractivity contribution in [2.45, 2.75) is 52.9 Å². The largest absolute Gasteiger partial charge is 0.303 e. The van der Waals surface area contributed by atoms with E-state index in [4.69, 9.17) is 0 Å². The lowest BCUT2D eigenvalue weighted by Crippen LogP contribution is -2.29. The predicted molar refractivity (Wildman–Crippen MR) is 140 cm³/mol. The molecule has 0 radical (unpaired) electrons. The van der Waals surface area contributed by atoms with Gasteiger partial charge >= 0.3 is 0 Å². The van der Waals surface area contributed by atoms with Crippen molar-refractivity contribution >= 4 is 49.0 Å². The molecule has 0 amide bonds. The Bertz CT molecular complexity index is 1730. The van der Waals surface area contributed by atoms with Gasteiger partial charge in [-0.15, -0.1) is 0 Å². The number of hydrogen-bond acceptors (Lipinski definition) is 0. The van der Waals surface area contributed by atoms with E-state index in [1.807, 2.05) is 0 Å². The van der Waals surface area contributed by atoms with Crippen molar-refractivity contribution < 1.29 is 4.57 Å². The van der Waals surface area contributed by atoms with Crippen molar-refractivity contribution in [3.8, 4) is 0 Å². The summed E-state index contributed by atoms with van der Waals surface area (Å²) in [6.07, 6.45) is 9.07. The van der Waals surface area contributed by atoms with Gasteiger partial charge < -0.3 is 4.40 Å². The minimum Gasteiger partial charge on any atom is -0.303 e. The average molecular weight is 432 g/mol. The van der Waals surface area contributed by atoms with Gasteiger partial charge in [0.25, 0.3) is 0 Å². The maximum atomic E-state index is 2.58. The summed E-state index contributed by atoms with van der Waals surface area (Å²) in [5, 5.41) is 6.91. The quantitative estimate of drug-likeness (QED) is 0.153. The number of nitrogens with zero attached hydrogens (tertiary/aromatic N) is 2. The fourth-order valence-electron chi connectivity index (χ4n) is 6.79. The second kappa shape index (κ2) is 6.70. The number of benzene rings is 3. The summed E-state index contributed by atoms with van der Waals surface area (Å²) in [5.74, 6) is 0.860. The van der Waals surface area contributed by atoms with Gasteiger partial charge in [-0.05, 0) is 72.9 Å². The number of rotatable bonds is 2. The summed E-state index contributed by atoms with van der Waals surface area (Å²) in [4.78, 5) is 0. The highest BCUT2D eigenvalue weighted by Gasteiger charge is 2.25. The minimum atomic E-state index is 0.860. The molecule has 33 heavy (non-hydrogen) atoms. The Morgan fingerprint density at radius 3 is 2.52 bits per heavy atom. The molecule has 6 aromatic rings. The molecule has 7 rings (SSSR count). The molecule has 0 spiro atoms. The van der Waals surface area contributed by atoms with Crippen molar-refractivity contribution in [2.24, 2.45) is 13.0 Å². The predicted octanol–water partition coefficient (Wildman–Crippen LogP) is 7.47. The Morgan fingerprint density at radius 2 is 1.70 bits per heavy atom. The fourth-order valence-corrected chi connectivity index (χ4v) is 6.79. The zero-order chi connectivity index (χ0) is 22.4. The molecular formula is C31H31N2+. The monoisotopic (exact) mass is 431 g/mol. The molecule has 3 heterocycles. The van der Waals surface area contributed by atoms with Crippen molar-refractivity contribution in [3.63, 3.8) is 0 Å². The fraction of sp³-hybridized carbons (Fsp3) is 0.323. The first-order valence-corrected chi connectivity index (χ1v) is 12.5. The topological polar surface area (TPSA) is 8.29 Å². The Balaban J connectivity index is 1.71. The van der Waals surface area contributed by atoms with E-state index in [1.165, 1.54) is 103 Å². The smallest absolute Gasteiger partial charge is 0.238 e. The first-order valence-electron chi connectivity index (χ1n) is 12.5. The number of aryl methyl sites for hydroxylation is 4. The van der Waals surface area contributed by atoms with E-state index in [2.05, 4.69) is 85.4 Å². The molecule has 1 aliphatic carbocycles. The highest BCUT2D eigenvalue weighted by atomic mass is 15.0. The van der Waals surface area contributed by atoms with E-state index < -0.39 is 0 Å². The third kappa shape index (κ3) is 2.58. The van der Waals surface area contributed by atoms with Crippen LogP contribution in [0.1, 0.15) is 47.9 Å². The number of aromatic nitrogens is 2. The molecule has 1 aliphatic rings. The molecule has 2 nitrogen and oxygen atoms in total. The molecule has 0 unspecified atom stereocenters. The molecule has 0 bridgehead atoms. The van der Waals surface area contributed by atoms with Crippen LogP contribution in [0.4, 0.5) is 0 Å². The SMILES string of the molecule is Cc1cc2cc(C)c(C)c3c2c(c1)n1c2cc(CC4CCCC4)ccc2c2cc[n+](C)c3c21. The van der Waals surface area contributed by atoms with E-state index in [0.29, 0.717) is 0 Å².